The van der Waals surface area contributed by atoms with Crippen LogP contribution in [0.5, 0.6) is 5.75 Å². The fourth-order valence-corrected chi connectivity index (χ4v) is 4.05. The molecule has 2 saturated heterocycles. The highest BCUT2D eigenvalue weighted by molar-refractivity contribution is 5.78. The number of hydrogen-bond donors (Lipinski definition) is 0. The van der Waals surface area contributed by atoms with E-state index in [4.69, 9.17) is 4.74 Å². The highest BCUT2D eigenvalue weighted by atomic mass is 16.5. The summed E-state index contributed by atoms with van der Waals surface area (Å²) in [5.41, 5.74) is 1.13. The van der Waals surface area contributed by atoms with E-state index in [1.54, 1.807) is 7.11 Å². The van der Waals surface area contributed by atoms with Crippen LogP contribution in [-0.2, 0) is 4.79 Å². The van der Waals surface area contributed by atoms with Crippen molar-refractivity contribution in [3.8, 4) is 5.75 Å². The molecule has 3 heterocycles. The van der Waals surface area contributed by atoms with Gasteiger partial charge in [0, 0.05) is 58.6 Å². The molecule has 29 heavy (non-hydrogen) atoms. The predicted molar refractivity (Wildman–Crippen MR) is 115 cm³/mol. The molecule has 1 aromatic carbocycles. The van der Waals surface area contributed by atoms with Crippen molar-refractivity contribution >= 4 is 17.4 Å². The van der Waals surface area contributed by atoms with Crippen LogP contribution in [0.4, 0.5) is 11.5 Å². The maximum Gasteiger partial charge on any atom is 0.236 e. The molecule has 1 aromatic heterocycles. The molecule has 0 unspecified atom stereocenters. The van der Waals surface area contributed by atoms with E-state index in [2.05, 4.69) is 25.8 Å². The van der Waals surface area contributed by atoms with Crippen LogP contribution in [0.2, 0.25) is 0 Å². The summed E-state index contributed by atoms with van der Waals surface area (Å²) in [6.07, 6.45) is 1.82. The molecular formula is C22H29N5O2. The lowest BCUT2D eigenvalue weighted by Gasteiger charge is -2.39. The molecule has 0 N–H and O–H groups in total. The number of aromatic nitrogens is 1. The van der Waals surface area contributed by atoms with Crippen LogP contribution in [0, 0.1) is 0 Å². The third kappa shape index (κ3) is 4.62. The van der Waals surface area contributed by atoms with Gasteiger partial charge in [0.15, 0.2) is 0 Å². The first kappa shape index (κ1) is 19.5. The normalized spacial score (nSPS) is 18.0. The Kier molecular flexibility index (Phi) is 6.14. The average Bonchev–Trinajstić information content (AvgIpc) is 2.80. The largest absolute Gasteiger partial charge is 0.495 e. The Bertz CT molecular complexity index is 800. The van der Waals surface area contributed by atoms with Gasteiger partial charge in [-0.15, -0.1) is 0 Å². The summed E-state index contributed by atoms with van der Waals surface area (Å²) in [7, 11) is 1.71. The van der Waals surface area contributed by atoms with Gasteiger partial charge >= 0.3 is 0 Å². The number of benzene rings is 1. The Morgan fingerprint density at radius 3 is 2.28 bits per heavy atom. The Hall–Kier alpha value is -2.80. The van der Waals surface area contributed by atoms with Crippen molar-refractivity contribution in [2.75, 3.05) is 75.8 Å². The minimum atomic E-state index is 0.233. The van der Waals surface area contributed by atoms with Crippen molar-refractivity contribution in [2.24, 2.45) is 0 Å². The van der Waals surface area contributed by atoms with E-state index in [1.807, 2.05) is 47.5 Å². The van der Waals surface area contributed by atoms with E-state index in [0.29, 0.717) is 6.54 Å². The molecule has 7 heteroatoms. The van der Waals surface area contributed by atoms with Crippen LogP contribution in [-0.4, -0.2) is 86.7 Å². The monoisotopic (exact) mass is 395 g/mol. The molecular weight excluding hydrogens is 366 g/mol. The smallest absolute Gasteiger partial charge is 0.236 e. The second-order valence-corrected chi connectivity index (χ2v) is 7.49. The maximum atomic E-state index is 12.8. The molecule has 154 valence electrons. The SMILES string of the molecule is COc1ccccc1N1CCN(CC(=O)N2CCN(c3ccccn3)CC2)CC1. The molecule has 0 aliphatic carbocycles. The van der Waals surface area contributed by atoms with Crippen molar-refractivity contribution in [3.63, 3.8) is 0 Å². The van der Waals surface area contributed by atoms with Gasteiger partial charge in [0.25, 0.3) is 0 Å². The van der Waals surface area contributed by atoms with Gasteiger partial charge in [0.2, 0.25) is 5.91 Å². The molecule has 2 fully saturated rings. The van der Waals surface area contributed by atoms with Crippen LogP contribution in [0.3, 0.4) is 0 Å². The zero-order valence-corrected chi connectivity index (χ0v) is 17.0. The minimum absolute atomic E-state index is 0.233. The minimum Gasteiger partial charge on any atom is -0.495 e. The molecule has 2 aromatic rings. The zero-order chi connectivity index (χ0) is 20.1. The van der Waals surface area contributed by atoms with Gasteiger partial charge in [0.1, 0.15) is 11.6 Å². The van der Waals surface area contributed by atoms with Gasteiger partial charge in [-0.1, -0.05) is 18.2 Å². The third-order valence-electron chi connectivity index (χ3n) is 5.76. The van der Waals surface area contributed by atoms with Crippen molar-refractivity contribution in [3.05, 3.63) is 48.7 Å². The fourth-order valence-electron chi connectivity index (χ4n) is 4.05. The maximum absolute atomic E-state index is 12.8. The summed E-state index contributed by atoms with van der Waals surface area (Å²) in [6.45, 7) is 7.28. The number of methoxy groups -OCH3 is 1. The quantitative estimate of drug-likeness (QED) is 0.766. The number of anilines is 2. The molecule has 2 aliphatic heterocycles. The number of carbonyl (C=O) groups is 1. The number of nitrogens with zero attached hydrogens (tertiary/aromatic N) is 5. The number of ether oxygens (including phenoxy) is 1. The number of pyridine rings is 1. The van der Waals surface area contributed by atoms with E-state index < -0.39 is 0 Å². The van der Waals surface area contributed by atoms with E-state index >= 15 is 0 Å². The van der Waals surface area contributed by atoms with Crippen LogP contribution in [0.1, 0.15) is 0 Å². The first-order chi connectivity index (χ1) is 14.2. The number of carbonyl (C=O) groups excluding carboxylic acids is 1. The predicted octanol–water partition coefficient (Wildman–Crippen LogP) is 1.56. The molecule has 0 spiro atoms. The van der Waals surface area contributed by atoms with Gasteiger partial charge in [-0.3, -0.25) is 9.69 Å². The van der Waals surface area contributed by atoms with Crippen LogP contribution in [0.15, 0.2) is 48.7 Å². The van der Waals surface area contributed by atoms with E-state index in [0.717, 1.165) is 69.6 Å². The Morgan fingerprint density at radius 2 is 1.59 bits per heavy atom. The number of rotatable bonds is 5. The number of hydrogen-bond acceptors (Lipinski definition) is 6. The summed E-state index contributed by atoms with van der Waals surface area (Å²) in [5, 5.41) is 0. The van der Waals surface area contributed by atoms with Crippen molar-refractivity contribution in [1.29, 1.82) is 0 Å². The number of piperazine rings is 2. The van der Waals surface area contributed by atoms with Crippen molar-refractivity contribution in [1.82, 2.24) is 14.8 Å². The van der Waals surface area contributed by atoms with Gasteiger partial charge in [0.05, 0.1) is 19.3 Å². The number of amides is 1. The lowest BCUT2D eigenvalue weighted by atomic mass is 10.2. The molecule has 0 bridgehead atoms. The van der Waals surface area contributed by atoms with E-state index in [1.165, 1.54) is 0 Å². The molecule has 0 saturated carbocycles. The van der Waals surface area contributed by atoms with Gasteiger partial charge in [-0.05, 0) is 24.3 Å². The van der Waals surface area contributed by atoms with Crippen LogP contribution in [0.25, 0.3) is 0 Å². The highest BCUT2D eigenvalue weighted by Gasteiger charge is 2.25. The lowest BCUT2D eigenvalue weighted by molar-refractivity contribution is -0.132. The standard InChI is InChI=1S/C22H29N5O2/c1-29-20-7-3-2-6-19(20)25-12-10-24(11-13-25)18-22(28)27-16-14-26(15-17-27)21-8-4-5-9-23-21/h2-9H,10-18H2,1H3. The topological polar surface area (TPSA) is 52.2 Å². The molecule has 7 nitrogen and oxygen atoms in total. The molecule has 0 atom stereocenters. The Morgan fingerprint density at radius 1 is 0.897 bits per heavy atom. The average molecular weight is 396 g/mol. The van der Waals surface area contributed by atoms with E-state index in [-0.39, 0.29) is 5.91 Å². The van der Waals surface area contributed by atoms with Gasteiger partial charge < -0.3 is 19.4 Å². The third-order valence-corrected chi connectivity index (χ3v) is 5.76. The molecule has 1 amide bonds. The molecule has 4 rings (SSSR count). The van der Waals surface area contributed by atoms with E-state index in [9.17, 15) is 4.79 Å². The molecule has 2 aliphatic rings. The Balaban J connectivity index is 1.24. The van der Waals surface area contributed by atoms with Crippen LogP contribution >= 0.6 is 0 Å². The summed E-state index contributed by atoms with van der Waals surface area (Å²) in [4.78, 5) is 26.0. The highest BCUT2D eigenvalue weighted by Crippen LogP contribution is 2.28. The lowest BCUT2D eigenvalue weighted by Crippen LogP contribution is -2.54. The fraction of sp³-hybridized carbons (Fsp3) is 0.455. The first-order valence-corrected chi connectivity index (χ1v) is 10.3. The molecule has 0 radical (unpaired) electrons. The summed E-state index contributed by atoms with van der Waals surface area (Å²) in [5.74, 6) is 2.13. The number of para-hydroxylation sites is 2. The van der Waals surface area contributed by atoms with Crippen LogP contribution < -0.4 is 14.5 Å². The van der Waals surface area contributed by atoms with Gasteiger partial charge in [-0.25, -0.2) is 4.98 Å². The summed E-state index contributed by atoms with van der Waals surface area (Å²) in [6, 6.07) is 14.1. The van der Waals surface area contributed by atoms with Crippen molar-refractivity contribution < 1.29 is 9.53 Å². The summed E-state index contributed by atoms with van der Waals surface area (Å²) >= 11 is 0. The zero-order valence-electron chi connectivity index (χ0n) is 17.0. The second-order valence-electron chi connectivity index (χ2n) is 7.49. The van der Waals surface area contributed by atoms with Gasteiger partial charge in [-0.2, -0.15) is 0 Å². The first-order valence-electron chi connectivity index (χ1n) is 10.3. The second kappa shape index (κ2) is 9.13. The van der Waals surface area contributed by atoms with Crippen molar-refractivity contribution in [2.45, 2.75) is 0 Å². The summed E-state index contributed by atoms with van der Waals surface area (Å²) < 4.78 is 5.49. The Labute approximate surface area is 172 Å².